The molecule has 1 aliphatic heterocycles. The standard InChI is InChI=1S/C26H30N2O5/c1-5-8-21(29)28-25-17-13-12-16(15(3)4)14-20(17)32-26(25,33-22(30)9-6-2)18-10-7-11-19(27)23(18)24(25)31/h7,10-15H,5-6,8-9,27H2,1-4H3,(H,28,29). The molecule has 2 aliphatic rings. The molecule has 0 fully saturated rings. The summed E-state index contributed by atoms with van der Waals surface area (Å²) in [7, 11) is 0. The molecule has 0 bridgehead atoms. The summed E-state index contributed by atoms with van der Waals surface area (Å²) in [5.74, 6) is -2.56. The summed E-state index contributed by atoms with van der Waals surface area (Å²) in [6.07, 6.45) is 1.50. The molecule has 0 aromatic heterocycles. The first-order valence-corrected chi connectivity index (χ1v) is 11.5. The van der Waals surface area contributed by atoms with E-state index in [2.05, 4.69) is 19.2 Å². The lowest BCUT2D eigenvalue weighted by Gasteiger charge is -2.37. The molecule has 0 radical (unpaired) electrons. The quantitative estimate of drug-likeness (QED) is 0.481. The van der Waals surface area contributed by atoms with Crippen molar-refractivity contribution in [3.05, 3.63) is 58.7 Å². The van der Waals surface area contributed by atoms with E-state index >= 15 is 0 Å². The number of carbonyl (C=O) groups is 3. The van der Waals surface area contributed by atoms with Gasteiger partial charge in [0.1, 0.15) is 5.75 Å². The second-order valence-corrected chi connectivity index (χ2v) is 9.00. The Morgan fingerprint density at radius 3 is 2.48 bits per heavy atom. The minimum atomic E-state index is -1.87. The van der Waals surface area contributed by atoms with Crippen LogP contribution < -0.4 is 15.8 Å². The lowest BCUT2D eigenvalue weighted by atomic mass is 9.81. The maximum absolute atomic E-state index is 14.1. The predicted molar refractivity (Wildman–Crippen MR) is 124 cm³/mol. The Hall–Kier alpha value is -3.35. The lowest BCUT2D eigenvalue weighted by Crippen LogP contribution is -2.61. The number of anilines is 1. The fourth-order valence-corrected chi connectivity index (χ4v) is 4.79. The topological polar surface area (TPSA) is 108 Å². The first-order valence-electron chi connectivity index (χ1n) is 11.5. The second kappa shape index (κ2) is 8.21. The summed E-state index contributed by atoms with van der Waals surface area (Å²) in [4.78, 5) is 39.9. The fourth-order valence-electron chi connectivity index (χ4n) is 4.79. The SMILES string of the molecule is CCCC(=O)NC12C(=O)c3c(N)cccc3C1(OC(=O)CCC)Oc1cc(C(C)C)ccc12. The van der Waals surface area contributed by atoms with Gasteiger partial charge < -0.3 is 20.5 Å². The molecule has 2 atom stereocenters. The van der Waals surface area contributed by atoms with Crippen molar-refractivity contribution in [1.82, 2.24) is 5.32 Å². The van der Waals surface area contributed by atoms with Gasteiger partial charge >= 0.3 is 11.8 Å². The molecule has 4 rings (SSSR count). The number of ether oxygens (including phenoxy) is 2. The van der Waals surface area contributed by atoms with Gasteiger partial charge in [-0.2, -0.15) is 0 Å². The van der Waals surface area contributed by atoms with E-state index < -0.39 is 23.1 Å². The van der Waals surface area contributed by atoms with E-state index in [1.807, 2.05) is 26.0 Å². The van der Waals surface area contributed by atoms with Crippen LogP contribution >= 0.6 is 0 Å². The van der Waals surface area contributed by atoms with Crippen LogP contribution in [0.2, 0.25) is 0 Å². The number of benzene rings is 2. The number of rotatable bonds is 7. The minimum absolute atomic E-state index is 0.142. The molecular formula is C26H30N2O5. The van der Waals surface area contributed by atoms with Gasteiger partial charge in [-0.1, -0.05) is 52.0 Å². The summed E-state index contributed by atoms with van der Waals surface area (Å²) in [6, 6.07) is 10.5. The van der Waals surface area contributed by atoms with E-state index in [0.717, 1.165) is 5.56 Å². The first kappa shape index (κ1) is 22.8. The van der Waals surface area contributed by atoms with Crippen LogP contribution in [0.25, 0.3) is 0 Å². The van der Waals surface area contributed by atoms with Crippen molar-refractivity contribution in [2.75, 3.05) is 5.73 Å². The van der Waals surface area contributed by atoms with Crippen LogP contribution in [0.15, 0.2) is 36.4 Å². The molecule has 7 heteroatoms. The molecular weight excluding hydrogens is 420 g/mol. The monoisotopic (exact) mass is 450 g/mol. The van der Waals surface area contributed by atoms with E-state index in [9.17, 15) is 14.4 Å². The van der Waals surface area contributed by atoms with Crippen LogP contribution in [0.3, 0.4) is 0 Å². The average molecular weight is 451 g/mol. The highest BCUT2D eigenvalue weighted by Gasteiger charge is 2.75. The number of hydrogen-bond donors (Lipinski definition) is 2. The molecule has 3 N–H and O–H groups in total. The average Bonchev–Trinajstić information content (AvgIpc) is 3.13. The zero-order chi connectivity index (χ0) is 24.0. The maximum Gasteiger partial charge on any atom is 0.317 e. The Morgan fingerprint density at radius 1 is 1.09 bits per heavy atom. The molecule has 0 saturated carbocycles. The highest BCUT2D eigenvalue weighted by molar-refractivity contribution is 6.15. The van der Waals surface area contributed by atoms with Crippen LogP contribution in [0.5, 0.6) is 5.75 Å². The second-order valence-electron chi connectivity index (χ2n) is 9.00. The van der Waals surface area contributed by atoms with Gasteiger partial charge in [-0.25, -0.2) is 0 Å². The third-order valence-corrected chi connectivity index (χ3v) is 6.36. The first-order chi connectivity index (χ1) is 15.7. The number of fused-ring (bicyclic) bond motifs is 5. The molecule has 0 saturated heterocycles. The number of hydrogen-bond acceptors (Lipinski definition) is 6. The third kappa shape index (κ3) is 3.21. The normalized spacial score (nSPS) is 22.4. The van der Waals surface area contributed by atoms with Crippen molar-refractivity contribution in [2.45, 2.75) is 70.6 Å². The molecule has 0 spiro atoms. The zero-order valence-electron chi connectivity index (χ0n) is 19.5. The zero-order valence-corrected chi connectivity index (χ0v) is 19.5. The van der Waals surface area contributed by atoms with E-state index in [0.29, 0.717) is 29.7 Å². The summed E-state index contributed by atoms with van der Waals surface area (Å²) in [6.45, 7) is 7.84. The summed E-state index contributed by atoms with van der Waals surface area (Å²) >= 11 is 0. The molecule has 7 nitrogen and oxygen atoms in total. The molecule has 1 aliphatic carbocycles. The van der Waals surface area contributed by atoms with Crippen LogP contribution in [-0.2, 0) is 25.7 Å². The largest absolute Gasteiger partial charge is 0.445 e. The van der Waals surface area contributed by atoms with Gasteiger partial charge in [-0.05, 0) is 36.5 Å². The van der Waals surface area contributed by atoms with Crippen molar-refractivity contribution >= 4 is 23.3 Å². The highest BCUT2D eigenvalue weighted by atomic mass is 16.7. The van der Waals surface area contributed by atoms with Gasteiger partial charge in [0.25, 0.3) is 0 Å². The van der Waals surface area contributed by atoms with Crippen LogP contribution in [-0.4, -0.2) is 17.7 Å². The molecule has 2 aromatic rings. The van der Waals surface area contributed by atoms with Crippen molar-refractivity contribution in [3.8, 4) is 5.75 Å². The molecule has 33 heavy (non-hydrogen) atoms. The molecule has 2 unspecified atom stereocenters. The fraction of sp³-hybridized carbons (Fsp3) is 0.423. The predicted octanol–water partition coefficient (Wildman–Crippen LogP) is 4.29. The van der Waals surface area contributed by atoms with Crippen molar-refractivity contribution in [3.63, 3.8) is 0 Å². The van der Waals surface area contributed by atoms with Crippen molar-refractivity contribution in [1.29, 1.82) is 0 Å². The minimum Gasteiger partial charge on any atom is -0.445 e. The van der Waals surface area contributed by atoms with Gasteiger partial charge in [-0.3, -0.25) is 14.4 Å². The van der Waals surface area contributed by atoms with Crippen LogP contribution in [0.4, 0.5) is 5.69 Å². The molecule has 2 aromatic carbocycles. The van der Waals surface area contributed by atoms with Gasteiger partial charge in [0.05, 0.1) is 11.1 Å². The lowest BCUT2D eigenvalue weighted by molar-refractivity contribution is -0.216. The van der Waals surface area contributed by atoms with Crippen LogP contribution in [0.1, 0.15) is 86.3 Å². The number of ketones is 1. The van der Waals surface area contributed by atoms with Crippen molar-refractivity contribution < 1.29 is 23.9 Å². The van der Waals surface area contributed by atoms with Gasteiger partial charge in [0.15, 0.2) is 0 Å². The number of nitrogens with one attached hydrogen (secondary N) is 1. The van der Waals surface area contributed by atoms with E-state index in [1.54, 1.807) is 24.3 Å². The number of esters is 1. The maximum atomic E-state index is 14.1. The molecule has 174 valence electrons. The van der Waals surface area contributed by atoms with E-state index in [-0.39, 0.29) is 35.9 Å². The smallest absolute Gasteiger partial charge is 0.317 e. The Morgan fingerprint density at radius 2 is 1.82 bits per heavy atom. The Bertz CT molecular complexity index is 1140. The summed E-state index contributed by atoms with van der Waals surface area (Å²) in [5, 5.41) is 2.93. The number of nitrogens with two attached hydrogens (primary N) is 1. The van der Waals surface area contributed by atoms with Crippen LogP contribution in [0, 0.1) is 0 Å². The number of Topliss-reactive ketones (excluding diaryl/α,β-unsaturated/α-hetero) is 1. The Balaban J connectivity index is 2.02. The highest BCUT2D eigenvalue weighted by Crippen LogP contribution is 2.61. The number of amides is 1. The van der Waals surface area contributed by atoms with Crippen molar-refractivity contribution in [2.24, 2.45) is 0 Å². The molecule has 1 amide bonds. The number of nitrogen functional groups attached to an aromatic ring is 1. The Kier molecular flexibility index (Phi) is 5.68. The van der Waals surface area contributed by atoms with Gasteiger partial charge in [0, 0.05) is 24.1 Å². The Labute approximate surface area is 193 Å². The van der Waals surface area contributed by atoms with Gasteiger partial charge in [0.2, 0.25) is 17.2 Å². The van der Waals surface area contributed by atoms with Gasteiger partial charge in [-0.15, -0.1) is 0 Å². The number of carbonyl (C=O) groups excluding carboxylic acids is 3. The van der Waals surface area contributed by atoms with E-state index in [4.69, 9.17) is 15.2 Å². The van der Waals surface area contributed by atoms with E-state index in [1.165, 1.54) is 0 Å². The summed E-state index contributed by atoms with van der Waals surface area (Å²) < 4.78 is 12.5. The summed E-state index contributed by atoms with van der Waals surface area (Å²) in [5.41, 5.74) is 6.71. The molecule has 1 heterocycles. The third-order valence-electron chi connectivity index (χ3n) is 6.36.